The fourth-order valence-electron chi connectivity index (χ4n) is 3.28. The van der Waals surface area contributed by atoms with Crippen molar-refractivity contribution in [3.63, 3.8) is 0 Å². The minimum absolute atomic E-state index is 0.0194. The summed E-state index contributed by atoms with van der Waals surface area (Å²) in [5.41, 5.74) is 6.62. The predicted octanol–water partition coefficient (Wildman–Crippen LogP) is -0.669. The highest BCUT2D eigenvalue weighted by Crippen LogP contribution is 2.08. The van der Waals surface area contributed by atoms with Crippen molar-refractivity contribution in [3.8, 4) is 0 Å². The van der Waals surface area contributed by atoms with Crippen LogP contribution in [0.4, 0.5) is 0 Å². The summed E-state index contributed by atoms with van der Waals surface area (Å²) in [4.78, 5) is 62.3. The molecule has 11 heteroatoms. The third-order valence-electron chi connectivity index (χ3n) is 5.40. The summed E-state index contributed by atoms with van der Waals surface area (Å²) in [5, 5.41) is 19.6. The van der Waals surface area contributed by atoms with Gasteiger partial charge in [0.15, 0.2) is 5.78 Å². The highest BCUT2D eigenvalue weighted by molar-refractivity contribution is 5.97. The van der Waals surface area contributed by atoms with Crippen molar-refractivity contribution < 1.29 is 29.1 Å². The molecule has 0 aliphatic heterocycles. The van der Waals surface area contributed by atoms with Gasteiger partial charge in [-0.1, -0.05) is 50.8 Å². The molecule has 1 rings (SSSR count). The lowest BCUT2D eigenvalue weighted by Crippen LogP contribution is -2.56. The van der Waals surface area contributed by atoms with E-state index in [9.17, 15) is 29.1 Å². The van der Waals surface area contributed by atoms with E-state index in [0.29, 0.717) is 0 Å². The number of rotatable bonds is 15. The van der Waals surface area contributed by atoms with E-state index in [1.54, 1.807) is 24.3 Å². The third-order valence-corrected chi connectivity index (χ3v) is 5.40. The molecule has 4 atom stereocenters. The van der Waals surface area contributed by atoms with Gasteiger partial charge in [-0.15, -0.1) is 0 Å². The number of benzene rings is 1. The molecule has 0 spiro atoms. The maximum Gasteiger partial charge on any atom is 0.246 e. The largest absolute Gasteiger partial charge is 0.391 e. The van der Waals surface area contributed by atoms with Crippen molar-refractivity contribution in [3.05, 3.63) is 48.0 Å². The van der Waals surface area contributed by atoms with Gasteiger partial charge in [0.05, 0.1) is 25.2 Å². The zero-order valence-corrected chi connectivity index (χ0v) is 21.9. The summed E-state index contributed by atoms with van der Waals surface area (Å²) in [6, 6.07) is 5.83. The summed E-state index contributed by atoms with van der Waals surface area (Å²) in [7, 11) is 0. The van der Waals surface area contributed by atoms with Gasteiger partial charge in [-0.05, 0) is 31.7 Å². The molecule has 0 heterocycles. The number of amides is 4. The SMILES string of the molecule is C=C(C)C(=O)NCC(=O)NC(Cc1ccccc1)C(=O)NC(CC(C)C)C(=O)NCC(=O)C(N)C(C)O. The van der Waals surface area contributed by atoms with Crippen LogP contribution in [-0.2, 0) is 30.4 Å². The standard InChI is InChI=1S/C26H39N5O6/c1-15(2)11-19(25(36)28-13-21(33)23(27)17(5)32)31-26(37)20(12-18-9-7-6-8-10-18)30-22(34)14-29-24(35)16(3)4/h6-10,15,17,19-20,23,32H,3,11-14,27H2,1-2,4-5H3,(H,28,36)(H,29,35)(H,30,34)(H,31,37). The number of ketones is 1. The Morgan fingerprint density at radius 1 is 0.919 bits per heavy atom. The van der Waals surface area contributed by atoms with Crippen LogP contribution >= 0.6 is 0 Å². The number of aliphatic hydroxyl groups is 1. The zero-order valence-electron chi connectivity index (χ0n) is 21.9. The molecule has 4 amide bonds. The minimum Gasteiger partial charge on any atom is -0.391 e. The van der Waals surface area contributed by atoms with E-state index in [0.717, 1.165) is 5.56 Å². The van der Waals surface area contributed by atoms with Crippen LogP contribution < -0.4 is 27.0 Å². The van der Waals surface area contributed by atoms with E-state index < -0.39 is 60.2 Å². The number of carbonyl (C=O) groups is 5. The van der Waals surface area contributed by atoms with Gasteiger partial charge in [-0.2, -0.15) is 0 Å². The minimum atomic E-state index is -1.14. The summed E-state index contributed by atoms with van der Waals surface area (Å²) >= 11 is 0. The fraction of sp³-hybridized carbons (Fsp3) is 0.500. The predicted molar refractivity (Wildman–Crippen MR) is 139 cm³/mol. The Kier molecular flexibility index (Phi) is 13.2. The van der Waals surface area contributed by atoms with Gasteiger partial charge in [0.1, 0.15) is 12.1 Å². The molecule has 1 aromatic carbocycles. The topological polar surface area (TPSA) is 180 Å². The fourth-order valence-corrected chi connectivity index (χ4v) is 3.28. The van der Waals surface area contributed by atoms with Gasteiger partial charge in [0.2, 0.25) is 23.6 Å². The van der Waals surface area contributed by atoms with Crippen LogP contribution in [0.2, 0.25) is 0 Å². The Morgan fingerprint density at radius 2 is 1.54 bits per heavy atom. The molecule has 0 radical (unpaired) electrons. The molecule has 7 N–H and O–H groups in total. The average molecular weight is 518 g/mol. The van der Waals surface area contributed by atoms with Gasteiger partial charge in [-0.3, -0.25) is 24.0 Å². The Labute approximate surface area is 217 Å². The molecule has 4 unspecified atom stereocenters. The molecule has 0 saturated carbocycles. The van der Waals surface area contributed by atoms with Gasteiger partial charge < -0.3 is 32.1 Å². The van der Waals surface area contributed by atoms with E-state index in [-0.39, 0.29) is 30.9 Å². The van der Waals surface area contributed by atoms with Crippen molar-refractivity contribution in [2.75, 3.05) is 13.1 Å². The average Bonchev–Trinajstić information content (AvgIpc) is 2.84. The van der Waals surface area contributed by atoms with E-state index in [2.05, 4.69) is 27.8 Å². The van der Waals surface area contributed by atoms with Crippen molar-refractivity contribution in [2.45, 2.75) is 64.8 Å². The molecule has 1 aromatic rings. The first kappa shape index (κ1) is 31.5. The lowest BCUT2D eigenvalue weighted by Gasteiger charge is -2.24. The number of aliphatic hydroxyl groups excluding tert-OH is 1. The van der Waals surface area contributed by atoms with Crippen LogP contribution in [0.1, 0.15) is 39.7 Å². The summed E-state index contributed by atoms with van der Waals surface area (Å²) in [6.45, 7) is 9.37. The highest BCUT2D eigenvalue weighted by atomic mass is 16.3. The molecule has 0 fully saturated rings. The molecule has 0 aliphatic carbocycles. The van der Waals surface area contributed by atoms with Gasteiger partial charge >= 0.3 is 0 Å². The molecule has 0 bridgehead atoms. The number of nitrogens with two attached hydrogens (primary N) is 1. The third kappa shape index (κ3) is 11.8. The Bertz CT molecular complexity index is 963. The van der Waals surface area contributed by atoms with Crippen molar-refractivity contribution >= 4 is 29.4 Å². The second-order valence-corrected chi connectivity index (χ2v) is 9.41. The Morgan fingerprint density at radius 3 is 2.08 bits per heavy atom. The maximum absolute atomic E-state index is 13.2. The van der Waals surface area contributed by atoms with Gasteiger partial charge in [0, 0.05) is 12.0 Å². The number of hydrogen-bond acceptors (Lipinski definition) is 7. The summed E-state index contributed by atoms with van der Waals surface area (Å²) in [5.74, 6) is -2.80. The smallest absolute Gasteiger partial charge is 0.246 e. The number of hydrogen-bond donors (Lipinski definition) is 6. The van der Waals surface area contributed by atoms with Gasteiger partial charge in [0.25, 0.3) is 0 Å². The van der Waals surface area contributed by atoms with Crippen molar-refractivity contribution in [2.24, 2.45) is 11.7 Å². The number of nitrogens with one attached hydrogen (secondary N) is 4. The highest BCUT2D eigenvalue weighted by Gasteiger charge is 2.28. The van der Waals surface area contributed by atoms with Crippen molar-refractivity contribution in [1.82, 2.24) is 21.3 Å². The normalized spacial score (nSPS) is 14.0. The molecule has 0 aromatic heterocycles. The van der Waals surface area contributed by atoms with Crippen LogP contribution in [-0.4, -0.2) is 71.8 Å². The molecule has 0 aliphatic rings. The van der Waals surface area contributed by atoms with Crippen LogP contribution in [0.15, 0.2) is 42.5 Å². The summed E-state index contributed by atoms with van der Waals surface area (Å²) < 4.78 is 0. The molecule has 0 saturated heterocycles. The molecular weight excluding hydrogens is 478 g/mol. The molecule has 11 nitrogen and oxygen atoms in total. The second kappa shape index (κ2) is 15.5. The Balaban J connectivity index is 2.97. The van der Waals surface area contributed by atoms with Gasteiger partial charge in [-0.25, -0.2) is 0 Å². The Hall–Kier alpha value is -3.57. The lowest BCUT2D eigenvalue weighted by atomic mass is 10.0. The lowest BCUT2D eigenvalue weighted by molar-refractivity contribution is -0.133. The first-order valence-electron chi connectivity index (χ1n) is 12.1. The first-order valence-corrected chi connectivity index (χ1v) is 12.1. The molecule has 37 heavy (non-hydrogen) atoms. The van der Waals surface area contributed by atoms with Crippen molar-refractivity contribution in [1.29, 1.82) is 0 Å². The van der Waals surface area contributed by atoms with Crippen LogP contribution in [0.5, 0.6) is 0 Å². The summed E-state index contributed by atoms with van der Waals surface area (Å²) in [6.07, 6.45) is -0.655. The number of carbonyl (C=O) groups excluding carboxylic acids is 5. The van der Waals surface area contributed by atoms with E-state index in [4.69, 9.17) is 5.73 Å². The molecule has 204 valence electrons. The van der Waals surface area contributed by atoms with Crippen LogP contribution in [0.25, 0.3) is 0 Å². The quantitative estimate of drug-likeness (QED) is 0.167. The zero-order chi connectivity index (χ0) is 28.1. The van der Waals surface area contributed by atoms with E-state index in [1.807, 2.05) is 19.9 Å². The first-order chi connectivity index (χ1) is 17.3. The van der Waals surface area contributed by atoms with E-state index in [1.165, 1.54) is 13.8 Å². The molecular formula is C26H39N5O6. The second-order valence-electron chi connectivity index (χ2n) is 9.41. The van der Waals surface area contributed by atoms with E-state index >= 15 is 0 Å². The number of Topliss-reactive ketones (excluding diaryl/α,β-unsaturated/α-hetero) is 1. The van der Waals surface area contributed by atoms with Crippen LogP contribution in [0.3, 0.4) is 0 Å². The maximum atomic E-state index is 13.2. The monoisotopic (exact) mass is 517 g/mol. The van der Waals surface area contributed by atoms with Crippen LogP contribution in [0, 0.1) is 5.92 Å².